The second-order valence-electron chi connectivity index (χ2n) is 5.91. The van der Waals surface area contributed by atoms with Crippen molar-refractivity contribution in [2.75, 3.05) is 13.1 Å². The molecule has 0 unspecified atom stereocenters. The summed E-state index contributed by atoms with van der Waals surface area (Å²) in [6.07, 6.45) is 5.17. The van der Waals surface area contributed by atoms with Crippen molar-refractivity contribution in [2.24, 2.45) is 0 Å². The highest BCUT2D eigenvalue weighted by molar-refractivity contribution is 5.88. The van der Waals surface area contributed by atoms with E-state index in [1.165, 1.54) is 10.5 Å². The van der Waals surface area contributed by atoms with Crippen molar-refractivity contribution in [3.05, 3.63) is 35.9 Å². The molecule has 5 heteroatoms. The van der Waals surface area contributed by atoms with E-state index in [0.717, 1.165) is 32.0 Å². The van der Waals surface area contributed by atoms with Gasteiger partial charge in [-0.25, -0.2) is 0 Å². The van der Waals surface area contributed by atoms with Gasteiger partial charge in [0.15, 0.2) is 0 Å². The molecule has 5 nitrogen and oxygen atoms in total. The number of aryl methyl sites for hydroxylation is 1. The predicted molar refractivity (Wildman–Crippen MR) is 87.8 cm³/mol. The number of rotatable bonds is 7. The Morgan fingerprint density at radius 2 is 2.04 bits per heavy atom. The fourth-order valence-corrected chi connectivity index (χ4v) is 2.87. The molecule has 124 valence electrons. The SMILES string of the molecule is O=CCN1CCCC[C@H](NC(=O)CCCc2ccccc2)C1=O. The van der Waals surface area contributed by atoms with E-state index in [-0.39, 0.29) is 18.4 Å². The molecule has 1 aromatic rings. The molecule has 0 saturated carbocycles. The van der Waals surface area contributed by atoms with E-state index in [9.17, 15) is 14.4 Å². The molecule has 0 spiro atoms. The molecule has 1 heterocycles. The Bertz CT molecular complexity index is 530. The van der Waals surface area contributed by atoms with Crippen LogP contribution in [0.3, 0.4) is 0 Å². The second kappa shape index (κ2) is 9.08. The van der Waals surface area contributed by atoms with Crippen LogP contribution in [0.15, 0.2) is 30.3 Å². The lowest BCUT2D eigenvalue weighted by Gasteiger charge is -2.22. The van der Waals surface area contributed by atoms with E-state index >= 15 is 0 Å². The first-order chi connectivity index (χ1) is 11.2. The molecular formula is C18H24N2O3. The third-order valence-corrected chi connectivity index (χ3v) is 4.12. The molecule has 23 heavy (non-hydrogen) atoms. The summed E-state index contributed by atoms with van der Waals surface area (Å²) in [4.78, 5) is 36.6. The zero-order chi connectivity index (χ0) is 16.5. The van der Waals surface area contributed by atoms with Crippen molar-refractivity contribution in [1.82, 2.24) is 10.2 Å². The van der Waals surface area contributed by atoms with Crippen LogP contribution in [0.1, 0.15) is 37.7 Å². The Labute approximate surface area is 137 Å². The summed E-state index contributed by atoms with van der Waals surface area (Å²) in [6.45, 7) is 0.706. The number of benzene rings is 1. The van der Waals surface area contributed by atoms with Gasteiger partial charge in [-0.15, -0.1) is 0 Å². The lowest BCUT2D eigenvalue weighted by Crippen LogP contribution is -2.47. The highest BCUT2D eigenvalue weighted by Crippen LogP contribution is 2.12. The minimum absolute atomic E-state index is 0.0905. The minimum Gasteiger partial charge on any atom is -0.344 e. The Morgan fingerprint density at radius 3 is 2.78 bits per heavy atom. The molecular weight excluding hydrogens is 292 g/mol. The molecule has 1 aromatic carbocycles. The first-order valence-corrected chi connectivity index (χ1v) is 8.26. The molecule has 1 atom stereocenters. The molecule has 2 rings (SSSR count). The molecule has 1 aliphatic heterocycles. The largest absolute Gasteiger partial charge is 0.344 e. The van der Waals surface area contributed by atoms with Crippen molar-refractivity contribution in [3.8, 4) is 0 Å². The normalized spacial score (nSPS) is 18.3. The van der Waals surface area contributed by atoms with Gasteiger partial charge in [-0.1, -0.05) is 30.3 Å². The molecule has 1 saturated heterocycles. The maximum atomic E-state index is 12.3. The van der Waals surface area contributed by atoms with Crippen LogP contribution in [-0.2, 0) is 20.8 Å². The summed E-state index contributed by atoms with van der Waals surface area (Å²) >= 11 is 0. The molecule has 2 amide bonds. The van der Waals surface area contributed by atoms with E-state index in [4.69, 9.17) is 0 Å². The van der Waals surface area contributed by atoms with E-state index in [1.54, 1.807) is 0 Å². The van der Waals surface area contributed by atoms with Gasteiger partial charge in [0.2, 0.25) is 11.8 Å². The van der Waals surface area contributed by atoms with Gasteiger partial charge in [0.25, 0.3) is 0 Å². The van der Waals surface area contributed by atoms with E-state index in [2.05, 4.69) is 5.32 Å². The quantitative estimate of drug-likeness (QED) is 0.779. The number of amides is 2. The van der Waals surface area contributed by atoms with Crippen LogP contribution in [0, 0.1) is 0 Å². The van der Waals surface area contributed by atoms with Crippen LogP contribution >= 0.6 is 0 Å². The van der Waals surface area contributed by atoms with Gasteiger partial charge < -0.3 is 15.0 Å². The van der Waals surface area contributed by atoms with Crippen molar-refractivity contribution >= 4 is 18.1 Å². The first kappa shape index (κ1) is 17.2. The Kier molecular flexibility index (Phi) is 6.78. The average molecular weight is 316 g/mol. The lowest BCUT2D eigenvalue weighted by molar-refractivity contribution is -0.137. The van der Waals surface area contributed by atoms with E-state index in [1.807, 2.05) is 30.3 Å². The Hall–Kier alpha value is -2.17. The number of carbonyl (C=O) groups excluding carboxylic acids is 3. The summed E-state index contributed by atoms with van der Waals surface area (Å²) in [5.74, 6) is -0.224. The molecule has 0 bridgehead atoms. The molecule has 0 radical (unpaired) electrons. The Balaban J connectivity index is 1.78. The third kappa shape index (κ3) is 5.51. The summed E-state index contributed by atoms with van der Waals surface area (Å²) in [6, 6.07) is 9.55. The predicted octanol–water partition coefficient (Wildman–Crippen LogP) is 1.71. The van der Waals surface area contributed by atoms with Crippen LogP contribution < -0.4 is 5.32 Å². The average Bonchev–Trinajstić information content (AvgIpc) is 2.72. The van der Waals surface area contributed by atoms with Gasteiger partial charge in [0, 0.05) is 13.0 Å². The minimum atomic E-state index is -0.485. The zero-order valence-electron chi connectivity index (χ0n) is 13.4. The van der Waals surface area contributed by atoms with Gasteiger partial charge in [0.1, 0.15) is 12.3 Å². The van der Waals surface area contributed by atoms with Crippen molar-refractivity contribution < 1.29 is 14.4 Å². The number of hydrogen-bond acceptors (Lipinski definition) is 3. The molecule has 0 aliphatic carbocycles. The molecule has 0 aromatic heterocycles. The van der Waals surface area contributed by atoms with Gasteiger partial charge >= 0.3 is 0 Å². The summed E-state index contributed by atoms with van der Waals surface area (Å²) < 4.78 is 0. The summed E-state index contributed by atoms with van der Waals surface area (Å²) in [5, 5.41) is 2.84. The van der Waals surface area contributed by atoms with Gasteiger partial charge in [-0.3, -0.25) is 9.59 Å². The topological polar surface area (TPSA) is 66.5 Å². The Morgan fingerprint density at radius 1 is 1.26 bits per heavy atom. The molecule has 1 N–H and O–H groups in total. The van der Waals surface area contributed by atoms with Gasteiger partial charge in [-0.2, -0.15) is 0 Å². The number of carbonyl (C=O) groups is 3. The van der Waals surface area contributed by atoms with E-state index < -0.39 is 6.04 Å². The number of likely N-dealkylation sites (tertiary alicyclic amines) is 1. The fraction of sp³-hybridized carbons (Fsp3) is 0.500. The number of aldehydes is 1. The van der Waals surface area contributed by atoms with Gasteiger partial charge in [0.05, 0.1) is 6.54 Å². The number of hydrogen-bond donors (Lipinski definition) is 1. The monoisotopic (exact) mass is 316 g/mol. The zero-order valence-corrected chi connectivity index (χ0v) is 13.4. The van der Waals surface area contributed by atoms with Crippen LogP contribution in [0.2, 0.25) is 0 Å². The van der Waals surface area contributed by atoms with Crippen molar-refractivity contribution in [3.63, 3.8) is 0 Å². The van der Waals surface area contributed by atoms with Crippen LogP contribution in [0.5, 0.6) is 0 Å². The highest BCUT2D eigenvalue weighted by atomic mass is 16.2. The smallest absolute Gasteiger partial charge is 0.245 e. The van der Waals surface area contributed by atoms with Crippen molar-refractivity contribution in [2.45, 2.75) is 44.6 Å². The lowest BCUT2D eigenvalue weighted by atomic mass is 10.1. The standard InChI is InChI=1S/C18H24N2O3/c21-14-13-20-12-5-4-10-16(18(20)23)19-17(22)11-6-9-15-7-2-1-3-8-15/h1-3,7-8,14,16H,4-6,9-13H2,(H,19,22)/t16-/m0/s1. The van der Waals surface area contributed by atoms with Crippen molar-refractivity contribution in [1.29, 1.82) is 0 Å². The summed E-state index contributed by atoms with van der Waals surface area (Å²) in [5.41, 5.74) is 1.21. The maximum absolute atomic E-state index is 12.3. The van der Waals surface area contributed by atoms with Crippen LogP contribution in [0.4, 0.5) is 0 Å². The molecule has 1 fully saturated rings. The van der Waals surface area contributed by atoms with Crippen LogP contribution in [-0.4, -0.2) is 42.1 Å². The van der Waals surface area contributed by atoms with Gasteiger partial charge in [-0.05, 0) is 37.7 Å². The first-order valence-electron chi connectivity index (χ1n) is 8.26. The maximum Gasteiger partial charge on any atom is 0.245 e. The number of nitrogens with one attached hydrogen (secondary N) is 1. The number of nitrogens with zero attached hydrogens (tertiary/aromatic N) is 1. The summed E-state index contributed by atoms with van der Waals surface area (Å²) in [7, 11) is 0. The van der Waals surface area contributed by atoms with E-state index in [0.29, 0.717) is 19.4 Å². The third-order valence-electron chi connectivity index (χ3n) is 4.12. The second-order valence-corrected chi connectivity index (χ2v) is 5.91. The molecule has 1 aliphatic rings. The van der Waals surface area contributed by atoms with Crippen LogP contribution in [0.25, 0.3) is 0 Å². The fourth-order valence-electron chi connectivity index (χ4n) is 2.87. The highest BCUT2D eigenvalue weighted by Gasteiger charge is 2.27.